The van der Waals surface area contributed by atoms with Crippen LogP contribution in [0.3, 0.4) is 0 Å². The van der Waals surface area contributed by atoms with E-state index in [2.05, 4.69) is 6.92 Å². The van der Waals surface area contributed by atoms with Crippen LogP contribution in [0.1, 0.15) is 65.7 Å². The summed E-state index contributed by atoms with van der Waals surface area (Å²) < 4.78 is 17.9. The van der Waals surface area contributed by atoms with Crippen molar-refractivity contribution in [2.75, 3.05) is 13.2 Å². The fourth-order valence-electron chi connectivity index (χ4n) is 8.05. The minimum absolute atomic E-state index is 0.0654. The zero-order valence-corrected chi connectivity index (χ0v) is 16.5. The van der Waals surface area contributed by atoms with Crippen molar-refractivity contribution < 1.29 is 28.9 Å². The van der Waals surface area contributed by atoms with Crippen molar-refractivity contribution in [1.82, 2.24) is 0 Å². The van der Waals surface area contributed by atoms with Gasteiger partial charge in [0.25, 0.3) is 0 Å². The number of esters is 2. The number of ether oxygens (including phenoxy) is 3. The highest BCUT2D eigenvalue weighted by atomic mass is 16.6. The Morgan fingerprint density at radius 2 is 1.78 bits per heavy atom. The Morgan fingerprint density at radius 1 is 1.00 bits per heavy atom. The molecule has 7 atom stereocenters. The number of carbonyl (C=O) groups is 2. The first-order valence-electron chi connectivity index (χ1n) is 10.4. The highest BCUT2D eigenvalue weighted by Gasteiger charge is 2.78. The van der Waals surface area contributed by atoms with E-state index in [0.717, 1.165) is 25.7 Å². The molecule has 6 nitrogen and oxygen atoms in total. The van der Waals surface area contributed by atoms with Gasteiger partial charge in [-0.15, -0.1) is 0 Å². The number of cyclic esters (lactones) is 2. The second kappa shape index (κ2) is 5.07. The Labute approximate surface area is 159 Å². The van der Waals surface area contributed by atoms with Gasteiger partial charge < -0.3 is 19.3 Å². The van der Waals surface area contributed by atoms with Gasteiger partial charge in [-0.1, -0.05) is 13.3 Å². The average Bonchev–Trinajstić information content (AvgIpc) is 3.15. The summed E-state index contributed by atoms with van der Waals surface area (Å²) in [5.41, 5.74) is -3.55. The van der Waals surface area contributed by atoms with Gasteiger partial charge in [0, 0.05) is 17.8 Å². The molecular formula is C21H30O6. The lowest BCUT2D eigenvalue weighted by atomic mass is 9.39. The van der Waals surface area contributed by atoms with E-state index >= 15 is 0 Å². The summed E-state index contributed by atoms with van der Waals surface area (Å²) in [5.74, 6) is -0.601. The molecule has 0 aromatic heterocycles. The molecule has 2 spiro atoms. The molecule has 2 saturated carbocycles. The fraction of sp³-hybridized carbons (Fsp3) is 0.905. The fourth-order valence-corrected chi connectivity index (χ4v) is 8.05. The molecule has 6 heteroatoms. The topological polar surface area (TPSA) is 82.1 Å². The molecule has 150 valence electrons. The van der Waals surface area contributed by atoms with E-state index in [0.29, 0.717) is 25.9 Å². The first-order valence-corrected chi connectivity index (χ1v) is 10.4. The van der Waals surface area contributed by atoms with Crippen LogP contribution in [-0.2, 0) is 23.8 Å². The first-order chi connectivity index (χ1) is 12.6. The lowest BCUT2D eigenvalue weighted by Crippen LogP contribution is -2.76. The molecule has 0 aromatic rings. The molecular weight excluding hydrogens is 348 g/mol. The maximum Gasteiger partial charge on any atom is 0.338 e. The second-order valence-electron chi connectivity index (χ2n) is 10.3. The van der Waals surface area contributed by atoms with Crippen LogP contribution in [-0.4, -0.2) is 47.1 Å². The number of hydrogen-bond acceptors (Lipinski definition) is 6. The zero-order chi connectivity index (χ0) is 19.3. The van der Waals surface area contributed by atoms with Crippen LogP contribution >= 0.6 is 0 Å². The predicted molar refractivity (Wildman–Crippen MR) is 94.6 cm³/mol. The van der Waals surface area contributed by atoms with E-state index in [1.807, 2.05) is 13.8 Å². The van der Waals surface area contributed by atoms with E-state index in [9.17, 15) is 14.7 Å². The van der Waals surface area contributed by atoms with E-state index in [1.165, 1.54) is 0 Å². The maximum atomic E-state index is 12.8. The van der Waals surface area contributed by atoms with Crippen LogP contribution in [0.25, 0.3) is 0 Å². The summed E-state index contributed by atoms with van der Waals surface area (Å²) in [6, 6.07) is 0. The zero-order valence-electron chi connectivity index (χ0n) is 16.5. The van der Waals surface area contributed by atoms with Crippen LogP contribution in [0.4, 0.5) is 0 Å². The summed E-state index contributed by atoms with van der Waals surface area (Å²) in [4.78, 5) is 25.3. The lowest BCUT2D eigenvalue weighted by molar-refractivity contribution is -0.321. The van der Waals surface area contributed by atoms with Gasteiger partial charge in [-0.3, -0.25) is 4.79 Å². The summed E-state index contributed by atoms with van der Waals surface area (Å²) >= 11 is 0. The van der Waals surface area contributed by atoms with Crippen molar-refractivity contribution in [3.05, 3.63) is 0 Å². The standard InChI is InChI=1S/C21H30O6/c1-13-11-18(3,24)14-17(2)5-4-6-19(14,12-26-15(17)22)21(13)8-7-20(27-21)9-10-25-16(20)23/h13-14,24H,4-12H2,1-3H3. The summed E-state index contributed by atoms with van der Waals surface area (Å²) in [6.07, 6.45) is 5.05. The molecule has 3 aliphatic heterocycles. The predicted octanol–water partition coefficient (Wildman–Crippen LogP) is 2.36. The molecule has 2 aliphatic carbocycles. The van der Waals surface area contributed by atoms with Gasteiger partial charge in [0.1, 0.15) is 6.61 Å². The van der Waals surface area contributed by atoms with Crippen LogP contribution in [0.15, 0.2) is 0 Å². The molecule has 7 unspecified atom stereocenters. The maximum absolute atomic E-state index is 12.8. The summed E-state index contributed by atoms with van der Waals surface area (Å²) in [7, 11) is 0. The number of carbonyl (C=O) groups excluding carboxylic acids is 2. The molecule has 0 amide bonds. The van der Waals surface area contributed by atoms with Crippen molar-refractivity contribution in [2.24, 2.45) is 22.7 Å². The van der Waals surface area contributed by atoms with Crippen LogP contribution in [0.5, 0.6) is 0 Å². The molecule has 27 heavy (non-hydrogen) atoms. The van der Waals surface area contributed by atoms with Gasteiger partial charge in [0.2, 0.25) is 0 Å². The van der Waals surface area contributed by atoms with Crippen molar-refractivity contribution in [3.8, 4) is 0 Å². The van der Waals surface area contributed by atoms with E-state index in [-0.39, 0.29) is 30.4 Å². The third kappa shape index (κ3) is 1.89. The minimum Gasteiger partial charge on any atom is -0.465 e. The lowest BCUT2D eigenvalue weighted by Gasteiger charge is -2.69. The number of hydrogen-bond donors (Lipinski definition) is 1. The first kappa shape index (κ1) is 17.9. The number of rotatable bonds is 0. The Kier molecular flexibility index (Phi) is 3.36. The Balaban J connectivity index is 1.67. The molecule has 0 radical (unpaired) electrons. The van der Waals surface area contributed by atoms with Gasteiger partial charge in [0.15, 0.2) is 5.60 Å². The summed E-state index contributed by atoms with van der Waals surface area (Å²) in [6.45, 7) is 6.65. The highest BCUT2D eigenvalue weighted by Crippen LogP contribution is 2.72. The molecule has 1 N–H and O–H groups in total. The van der Waals surface area contributed by atoms with Gasteiger partial charge in [-0.2, -0.15) is 0 Å². The van der Waals surface area contributed by atoms with Crippen molar-refractivity contribution in [3.63, 3.8) is 0 Å². The van der Waals surface area contributed by atoms with E-state index in [4.69, 9.17) is 14.2 Å². The van der Waals surface area contributed by atoms with Gasteiger partial charge in [-0.25, -0.2) is 4.79 Å². The average molecular weight is 378 g/mol. The Bertz CT molecular complexity index is 717. The molecule has 5 aliphatic rings. The minimum atomic E-state index is -0.964. The third-order valence-electron chi connectivity index (χ3n) is 8.80. The molecule has 3 heterocycles. The van der Waals surface area contributed by atoms with Crippen LogP contribution in [0.2, 0.25) is 0 Å². The monoisotopic (exact) mass is 378 g/mol. The Hall–Kier alpha value is -1.14. The van der Waals surface area contributed by atoms with Gasteiger partial charge in [0.05, 0.1) is 23.2 Å². The summed E-state index contributed by atoms with van der Waals surface area (Å²) in [5, 5.41) is 11.5. The van der Waals surface area contributed by atoms with Crippen molar-refractivity contribution >= 4 is 11.9 Å². The number of aliphatic hydroxyl groups is 1. The normalized spacial score (nSPS) is 56.9. The smallest absolute Gasteiger partial charge is 0.338 e. The van der Waals surface area contributed by atoms with Crippen molar-refractivity contribution in [1.29, 1.82) is 0 Å². The SMILES string of the molecule is CC1CC(C)(O)C2C3(C)CCCC2(COC3=O)C12CCC1(CCOC1=O)O2. The Morgan fingerprint density at radius 3 is 2.48 bits per heavy atom. The van der Waals surface area contributed by atoms with Crippen molar-refractivity contribution in [2.45, 2.75) is 82.5 Å². The quantitative estimate of drug-likeness (QED) is 0.652. The molecule has 3 saturated heterocycles. The van der Waals surface area contributed by atoms with E-state index < -0.39 is 27.6 Å². The molecule has 2 bridgehead atoms. The second-order valence-corrected chi connectivity index (χ2v) is 10.3. The van der Waals surface area contributed by atoms with Gasteiger partial charge >= 0.3 is 11.9 Å². The molecule has 5 fully saturated rings. The van der Waals surface area contributed by atoms with Crippen LogP contribution in [0, 0.1) is 22.7 Å². The molecule has 5 rings (SSSR count). The van der Waals surface area contributed by atoms with Crippen LogP contribution < -0.4 is 0 Å². The highest BCUT2D eigenvalue weighted by molar-refractivity contribution is 5.82. The third-order valence-corrected chi connectivity index (χ3v) is 8.80. The van der Waals surface area contributed by atoms with Gasteiger partial charge in [-0.05, 0) is 51.9 Å². The molecule has 0 aromatic carbocycles. The van der Waals surface area contributed by atoms with E-state index in [1.54, 1.807) is 0 Å². The largest absolute Gasteiger partial charge is 0.465 e.